The first-order valence-corrected chi connectivity index (χ1v) is 5.42. The van der Waals surface area contributed by atoms with Crippen LogP contribution in [-0.4, -0.2) is 17.4 Å². The highest BCUT2D eigenvalue weighted by molar-refractivity contribution is 5.70. The molecule has 1 atom stereocenters. The molecule has 1 rings (SSSR count). The Balaban J connectivity index is 2.07. The molecule has 0 amide bonds. The standard InChI is InChI=1S/C11H18O3/c12-8-4-2-1-3-5-10(11(13)14)9-6-7-9/h8-10H,1-7H2,(H,13,14). The lowest BCUT2D eigenvalue weighted by atomic mass is 9.96. The maximum absolute atomic E-state index is 10.8. The Morgan fingerprint density at radius 2 is 2.07 bits per heavy atom. The summed E-state index contributed by atoms with van der Waals surface area (Å²) in [6.45, 7) is 0. The summed E-state index contributed by atoms with van der Waals surface area (Å²) < 4.78 is 0. The number of aldehydes is 1. The van der Waals surface area contributed by atoms with Crippen molar-refractivity contribution in [3.63, 3.8) is 0 Å². The molecule has 1 N–H and O–H groups in total. The quantitative estimate of drug-likeness (QED) is 0.480. The molecule has 80 valence electrons. The Hall–Kier alpha value is -0.860. The number of hydrogen-bond donors (Lipinski definition) is 1. The van der Waals surface area contributed by atoms with Gasteiger partial charge in [-0.2, -0.15) is 0 Å². The highest BCUT2D eigenvalue weighted by atomic mass is 16.4. The smallest absolute Gasteiger partial charge is 0.306 e. The van der Waals surface area contributed by atoms with Crippen LogP contribution in [0.4, 0.5) is 0 Å². The van der Waals surface area contributed by atoms with Gasteiger partial charge in [0.2, 0.25) is 0 Å². The third-order valence-corrected chi connectivity index (χ3v) is 2.85. The van der Waals surface area contributed by atoms with Crippen molar-refractivity contribution >= 4 is 12.3 Å². The number of hydrogen-bond acceptors (Lipinski definition) is 2. The largest absolute Gasteiger partial charge is 0.481 e. The summed E-state index contributed by atoms with van der Waals surface area (Å²) in [5.41, 5.74) is 0. The number of carbonyl (C=O) groups excluding carboxylic acids is 1. The van der Waals surface area contributed by atoms with Gasteiger partial charge in [-0.15, -0.1) is 0 Å². The Labute approximate surface area is 84.5 Å². The maximum atomic E-state index is 10.8. The first-order valence-electron chi connectivity index (χ1n) is 5.42. The van der Waals surface area contributed by atoms with E-state index < -0.39 is 5.97 Å². The Kier molecular flexibility index (Phi) is 4.63. The SMILES string of the molecule is O=CCCCCCC(C(=O)O)C1CC1. The number of unbranched alkanes of at least 4 members (excludes halogenated alkanes) is 3. The van der Waals surface area contributed by atoms with Gasteiger partial charge in [0.25, 0.3) is 0 Å². The second-order valence-corrected chi connectivity index (χ2v) is 4.09. The van der Waals surface area contributed by atoms with Crippen LogP contribution in [0.15, 0.2) is 0 Å². The number of carboxylic acid groups (broad SMARTS) is 1. The predicted octanol–water partition coefficient (Wildman–Crippen LogP) is 2.25. The summed E-state index contributed by atoms with van der Waals surface area (Å²) in [5.74, 6) is -0.312. The maximum Gasteiger partial charge on any atom is 0.306 e. The van der Waals surface area contributed by atoms with Gasteiger partial charge < -0.3 is 9.90 Å². The number of rotatable bonds is 8. The van der Waals surface area contributed by atoms with Crippen molar-refractivity contribution in [2.75, 3.05) is 0 Å². The molecule has 0 radical (unpaired) electrons. The van der Waals surface area contributed by atoms with Crippen molar-refractivity contribution in [3.05, 3.63) is 0 Å². The molecule has 0 aromatic rings. The minimum atomic E-state index is -0.636. The molecule has 0 aromatic heterocycles. The summed E-state index contributed by atoms with van der Waals surface area (Å²) in [4.78, 5) is 20.9. The van der Waals surface area contributed by atoms with E-state index in [1.54, 1.807) is 0 Å². The summed E-state index contributed by atoms with van der Waals surface area (Å²) in [7, 11) is 0. The molecule has 0 heterocycles. The molecule has 0 aliphatic heterocycles. The minimum Gasteiger partial charge on any atom is -0.481 e. The Morgan fingerprint density at radius 3 is 2.57 bits per heavy atom. The van der Waals surface area contributed by atoms with E-state index >= 15 is 0 Å². The van der Waals surface area contributed by atoms with Gasteiger partial charge >= 0.3 is 5.97 Å². The van der Waals surface area contributed by atoms with Crippen molar-refractivity contribution < 1.29 is 14.7 Å². The first-order chi connectivity index (χ1) is 6.75. The molecular weight excluding hydrogens is 180 g/mol. The average Bonchev–Trinajstić information content (AvgIpc) is 2.94. The first kappa shape index (κ1) is 11.2. The molecular formula is C11H18O3. The van der Waals surface area contributed by atoms with Crippen molar-refractivity contribution in [3.8, 4) is 0 Å². The molecule has 0 aromatic carbocycles. The van der Waals surface area contributed by atoms with Gasteiger partial charge in [-0.25, -0.2) is 0 Å². The molecule has 3 heteroatoms. The second kappa shape index (κ2) is 5.78. The van der Waals surface area contributed by atoms with Gasteiger partial charge in [0.15, 0.2) is 0 Å². The number of carbonyl (C=O) groups is 2. The fourth-order valence-corrected chi connectivity index (χ4v) is 1.83. The van der Waals surface area contributed by atoms with Crippen LogP contribution in [0.1, 0.15) is 44.9 Å². The van der Waals surface area contributed by atoms with Gasteiger partial charge in [-0.3, -0.25) is 4.79 Å². The lowest BCUT2D eigenvalue weighted by Crippen LogP contribution is -2.15. The third-order valence-electron chi connectivity index (χ3n) is 2.85. The van der Waals surface area contributed by atoms with E-state index in [1.807, 2.05) is 0 Å². The van der Waals surface area contributed by atoms with E-state index in [0.717, 1.165) is 44.8 Å². The van der Waals surface area contributed by atoms with E-state index in [1.165, 1.54) is 0 Å². The average molecular weight is 198 g/mol. The molecule has 1 aliphatic rings. The second-order valence-electron chi connectivity index (χ2n) is 4.09. The summed E-state index contributed by atoms with van der Waals surface area (Å²) >= 11 is 0. The number of aliphatic carboxylic acids is 1. The molecule has 1 saturated carbocycles. The molecule has 1 aliphatic carbocycles. The summed E-state index contributed by atoms with van der Waals surface area (Å²) in [6, 6.07) is 0. The van der Waals surface area contributed by atoms with Gasteiger partial charge in [0.1, 0.15) is 6.29 Å². The molecule has 0 spiro atoms. The van der Waals surface area contributed by atoms with Crippen molar-refractivity contribution in [1.29, 1.82) is 0 Å². The number of carboxylic acids is 1. The fraction of sp³-hybridized carbons (Fsp3) is 0.818. The minimum absolute atomic E-state index is 0.119. The molecule has 14 heavy (non-hydrogen) atoms. The zero-order valence-corrected chi connectivity index (χ0v) is 8.45. The van der Waals surface area contributed by atoms with Gasteiger partial charge in [-0.1, -0.05) is 12.8 Å². The Bertz CT molecular complexity index is 197. The van der Waals surface area contributed by atoms with Crippen LogP contribution in [0.25, 0.3) is 0 Å². The van der Waals surface area contributed by atoms with Crippen molar-refractivity contribution in [1.82, 2.24) is 0 Å². The zero-order valence-electron chi connectivity index (χ0n) is 8.45. The van der Waals surface area contributed by atoms with E-state index in [2.05, 4.69) is 0 Å². The van der Waals surface area contributed by atoms with Gasteiger partial charge in [0.05, 0.1) is 5.92 Å². The highest BCUT2D eigenvalue weighted by Crippen LogP contribution is 2.39. The zero-order chi connectivity index (χ0) is 10.4. The molecule has 0 bridgehead atoms. The Morgan fingerprint density at radius 1 is 1.36 bits per heavy atom. The highest BCUT2D eigenvalue weighted by Gasteiger charge is 2.35. The van der Waals surface area contributed by atoms with Crippen LogP contribution in [0.3, 0.4) is 0 Å². The molecule has 1 unspecified atom stereocenters. The van der Waals surface area contributed by atoms with E-state index in [-0.39, 0.29) is 5.92 Å². The van der Waals surface area contributed by atoms with Crippen molar-refractivity contribution in [2.45, 2.75) is 44.9 Å². The lowest BCUT2D eigenvalue weighted by molar-refractivity contribution is -0.142. The van der Waals surface area contributed by atoms with Crippen LogP contribution in [0.5, 0.6) is 0 Å². The normalized spacial score (nSPS) is 17.7. The summed E-state index contributed by atoms with van der Waals surface area (Å²) in [6.07, 6.45) is 7.34. The monoisotopic (exact) mass is 198 g/mol. The van der Waals surface area contributed by atoms with Gasteiger partial charge in [-0.05, 0) is 31.6 Å². The van der Waals surface area contributed by atoms with Crippen LogP contribution in [0, 0.1) is 11.8 Å². The van der Waals surface area contributed by atoms with E-state index in [0.29, 0.717) is 12.3 Å². The van der Waals surface area contributed by atoms with Crippen LogP contribution in [-0.2, 0) is 9.59 Å². The fourth-order valence-electron chi connectivity index (χ4n) is 1.83. The van der Waals surface area contributed by atoms with E-state index in [9.17, 15) is 9.59 Å². The van der Waals surface area contributed by atoms with Crippen molar-refractivity contribution in [2.24, 2.45) is 11.8 Å². The van der Waals surface area contributed by atoms with Crippen LogP contribution in [0.2, 0.25) is 0 Å². The molecule has 1 fully saturated rings. The third kappa shape index (κ3) is 3.90. The van der Waals surface area contributed by atoms with Crippen LogP contribution >= 0.6 is 0 Å². The molecule has 3 nitrogen and oxygen atoms in total. The van der Waals surface area contributed by atoms with E-state index in [4.69, 9.17) is 5.11 Å². The molecule has 0 saturated heterocycles. The summed E-state index contributed by atoms with van der Waals surface area (Å²) in [5, 5.41) is 8.93. The van der Waals surface area contributed by atoms with Gasteiger partial charge in [0, 0.05) is 6.42 Å². The van der Waals surface area contributed by atoms with Crippen LogP contribution < -0.4 is 0 Å². The lowest BCUT2D eigenvalue weighted by Gasteiger charge is -2.09. The topological polar surface area (TPSA) is 54.4 Å². The predicted molar refractivity (Wildman–Crippen MR) is 53.0 cm³/mol.